The Morgan fingerprint density at radius 3 is 2.30 bits per heavy atom. The van der Waals surface area contributed by atoms with Crippen LogP contribution in [0.5, 0.6) is 0 Å². The normalized spacial score (nSPS) is 32.2. The average Bonchev–Trinajstić information content (AvgIpc) is 3.46. The van der Waals surface area contributed by atoms with Crippen LogP contribution in [0.3, 0.4) is 0 Å². The Bertz CT molecular complexity index is 1160. The molecule has 40 heavy (non-hydrogen) atoms. The van der Waals surface area contributed by atoms with Gasteiger partial charge >= 0.3 is 0 Å². The van der Waals surface area contributed by atoms with Gasteiger partial charge in [-0.25, -0.2) is 0 Å². The van der Waals surface area contributed by atoms with Crippen molar-refractivity contribution in [2.45, 2.75) is 81.6 Å². The first-order valence-corrected chi connectivity index (χ1v) is 15.6. The summed E-state index contributed by atoms with van der Waals surface area (Å²) in [6, 6.07) is 4.13. The monoisotopic (exact) mass is 588 g/mol. The quantitative estimate of drug-likeness (QED) is 0.460. The summed E-state index contributed by atoms with van der Waals surface area (Å²) in [7, 11) is 0. The summed E-state index contributed by atoms with van der Waals surface area (Å²) >= 11 is 12.3. The zero-order valence-corrected chi connectivity index (χ0v) is 24.3. The molecule has 10 heteroatoms. The van der Waals surface area contributed by atoms with Crippen molar-refractivity contribution < 1.29 is 19.1 Å². The smallest absolute Gasteiger partial charge is 0.246 e. The van der Waals surface area contributed by atoms with Crippen LogP contribution in [-0.2, 0) is 19.1 Å². The first-order valence-electron chi connectivity index (χ1n) is 14.8. The number of anilines is 1. The van der Waals surface area contributed by atoms with Crippen molar-refractivity contribution in [3.63, 3.8) is 0 Å². The molecule has 4 aliphatic heterocycles. The van der Waals surface area contributed by atoms with Crippen LogP contribution < -0.4 is 10.6 Å². The van der Waals surface area contributed by atoms with E-state index in [1.807, 2.05) is 12.2 Å². The number of ether oxygens (including phenoxy) is 1. The minimum Gasteiger partial charge on any atom is -0.359 e. The van der Waals surface area contributed by atoms with Crippen LogP contribution in [0.1, 0.15) is 57.8 Å². The summed E-state index contributed by atoms with van der Waals surface area (Å²) in [6.45, 7) is 3.13. The molecule has 8 nitrogen and oxygen atoms in total. The van der Waals surface area contributed by atoms with E-state index in [1.54, 1.807) is 23.1 Å². The Hall–Kier alpha value is -2.13. The van der Waals surface area contributed by atoms with E-state index in [0.29, 0.717) is 28.8 Å². The second-order valence-corrected chi connectivity index (χ2v) is 12.9. The molecule has 2 N–H and O–H groups in total. The fraction of sp³-hybridized carbons (Fsp3) is 0.633. The third kappa shape index (κ3) is 5.28. The number of carbonyl (C=O) groups excluding carboxylic acids is 3. The van der Waals surface area contributed by atoms with Crippen LogP contribution >= 0.6 is 23.2 Å². The highest BCUT2D eigenvalue weighted by molar-refractivity contribution is 6.35. The number of hydrogen-bond donors (Lipinski definition) is 2. The molecule has 1 aromatic carbocycles. The number of rotatable bonds is 7. The van der Waals surface area contributed by atoms with Gasteiger partial charge in [-0.2, -0.15) is 0 Å². The number of hydrogen-bond acceptors (Lipinski definition) is 5. The van der Waals surface area contributed by atoms with Gasteiger partial charge in [0.25, 0.3) is 0 Å². The van der Waals surface area contributed by atoms with E-state index in [1.165, 1.54) is 19.3 Å². The van der Waals surface area contributed by atoms with Crippen molar-refractivity contribution in [1.29, 1.82) is 0 Å². The Morgan fingerprint density at radius 1 is 0.925 bits per heavy atom. The molecule has 0 unspecified atom stereocenters. The van der Waals surface area contributed by atoms with Gasteiger partial charge in [0.15, 0.2) is 0 Å². The number of amides is 3. The van der Waals surface area contributed by atoms with E-state index in [4.69, 9.17) is 27.9 Å². The lowest BCUT2D eigenvalue weighted by molar-refractivity contribution is -0.141. The lowest BCUT2D eigenvalue weighted by Crippen LogP contribution is -2.57. The number of fused-ring (bicyclic) bond motifs is 1. The van der Waals surface area contributed by atoms with Crippen molar-refractivity contribution in [2.75, 3.05) is 31.5 Å². The Morgan fingerprint density at radius 2 is 1.60 bits per heavy atom. The van der Waals surface area contributed by atoms with E-state index in [0.717, 1.165) is 51.6 Å². The van der Waals surface area contributed by atoms with Gasteiger partial charge in [0.05, 0.1) is 17.9 Å². The number of likely N-dealkylation sites (tertiary alicyclic amines) is 2. The second-order valence-electron chi connectivity index (χ2n) is 12.0. The molecule has 0 aromatic heterocycles. The SMILES string of the molecule is O=C(Nc1cc(Cl)cc(Cl)c1)[C@H]1[C@@H]2C=C[C@]3(O2)[C@@H]1C(=O)N(CCN1CCCCCC1)[C@@H]3C(=O)NC1CCCCC1. The summed E-state index contributed by atoms with van der Waals surface area (Å²) in [6.07, 6.45) is 13.2. The number of benzene rings is 1. The zero-order valence-electron chi connectivity index (χ0n) is 22.7. The predicted molar refractivity (Wildman–Crippen MR) is 154 cm³/mol. The first-order chi connectivity index (χ1) is 19.4. The van der Waals surface area contributed by atoms with Crippen LogP contribution in [0.2, 0.25) is 10.0 Å². The predicted octanol–water partition coefficient (Wildman–Crippen LogP) is 4.41. The fourth-order valence-corrected chi connectivity index (χ4v) is 8.02. The highest BCUT2D eigenvalue weighted by Gasteiger charge is 2.72. The summed E-state index contributed by atoms with van der Waals surface area (Å²) in [5.41, 5.74) is -0.703. The maximum absolute atomic E-state index is 14.2. The molecule has 1 spiro atoms. The van der Waals surface area contributed by atoms with Crippen molar-refractivity contribution in [1.82, 2.24) is 15.1 Å². The Balaban J connectivity index is 1.26. The van der Waals surface area contributed by atoms with Crippen molar-refractivity contribution in [3.8, 4) is 0 Å². The Labute approximate surface area is 245 Å². The highest BCUT2D eigenvalue weighted by atomic mass is 35.5. The van der Waals surface area contributed by atoms with Crippen LogP contribution in [0, 0.1) is 11.8 Å². The van der Waals surface area contributed by atoms with Crippen LogP contribution in [0.15, 0.2) is 30.4 Å². The minimum absolute atomic E-state index is 0.105. The van der Waals surface area contributed by atoms with Gasteiger partial charge in [-0.3, -0.25) is 14.4 Å². The lowest BCUT2D eigenvalue weighted by Gasteiger charge is -2.35. The molecule has 1 aliphatic carbocycles. The zero-order chi connectivity index (χ0) is 27.9. The van der Waals surface area contributed by atoms with E-state index >= 15 is 0 Å². The molecule has 4 fully saturated rings. The molecule has 4 heterocycles. The van der Waals surface area contributed by atoms with Gasteiger partial charge in [0.1, 0.15) is 11.6 Å². The van der Waals surface area contributed by atoms with E-state index < -0.39 is 29.6 Å². The third-order valence-electron chi connectivity index (χ3n) is 9.36. The van der Waals surface area contributed by atoms with Crippen LogP contribution in [-0.4, -0.2) is 77.5 Å². The molecule has 1 saturated carbocycles. The molecule has 5 atom stereocenters. The largest absolute Gasteiger partial charge is 0.359 e. The molecular weight excluding hydrogens is 551 g/mol. The number of carbonyl (C=O) groups is 3. The van der Waals surface area contributed by atoms with Gasteiger partial charge < -0.3 is 25.2 Å². The van der Waals surface area contributed by atoms with Gasteiger partial charge in [-0.05, 0) is 57.0 Å². The molecule has 2 bridgehead atoms. The van der Waals surface area contributed by atoms with Gasteiger partial charge in [0, 0.05) is 34.9 Å². The van der Waals surface area contributed by atoms with E-state index in [9.17, 15) is 14.4 Å². The third-order valence-corrected chi connectivity index (χ3v) is 9.80. The second kappa shape index (κ2) is 11.6. The standard InChI is InChI=1S/C30H38Cl2N4O4/c31-19-16-20(32)18-22(17-19)34-27(37)24-23-10-11-30(40-23)25(24)29(39)36(15-14-35-12-6-1-2-7-13-35)26(30)28(38)33-21-8-4-3-5-9-21/h10-11,16-18,21,23-26H,1-9,12-15H2,(H,33,38)(H,34,37)/t23-,24-,25-,26+,30-/m0/s1. The van der Waals surface area contributed by atoms with Gasteiger partial charge in [-0.1, -0.05) is 67.5 Å². The Kier molecular flexibility index (Phi) is 8.14. The molecule has 5 aliphatic rings. The van der Waals surface area contributed by atoms with Crippen molar-refractivity contribution in [3.05, 3.63) is 40.4 Å². The molecule has 1 aromatic rings. The number of halogens is 2. The van der Waals surface area contributed by atoms with Gasteiger partial charge in [-0.15, -0.1) is 0 Å². The summed E-state index contributed by atoms with van der Waals surface area (Å²) in [5, 5.41) is 6.95. The van der Waals surface area contributed by atoms with Crippen LogP contribution in [0.4, 0.5) is 5.69 Å². The minimum atomic E-state index is -1.16. The van der Waals surface area contributed by atoms with E-state index in [-0.39, 0.29) is 23.8 Å². The summed E-state index contributed by atoms with van der Waals surface area (Å²) < 4.78 is 6.48. The fourth-order valence-electron chi connectivity index (χ4n) is 7.50. The van der Waals surface area contributed by atoms with Crippen molar-refractivity contribution in [2.24, 2.45) is 11.8 Å². The molecule has 3 amide bonds. The lowest BCUT2D eigenvalue weighted by atomic mass is 9.74. The molecular formula is C30H38Cl2N4O4. The van der Waals surface area contributed by atoms with E-state index in [2.05, 4.69) is 15.5 Å². The maximum Gasteiger partial charge on any atom is 0.246 e. The number of nitrogens with one attached hydrogen (secondary N) is 2. The summed E-state index contributed by atoms with van der Waals surface area (Å²) in [5.74, 6) is -2.23. The van der Waals surface area contributed by atoms with Gasteiger partial charge in [0.2, 0.25) is 17.7 Å². The molecule has 6 rings (SSSR count). The molecule has 0 radical (unpaired) electrons. The topological polar surface area (TPSA) is 91.0 Å². The highest BCUT2D eigenvalue weighted by Crippen LogP contribution is 2.55. The summed E-state index contributed by atoms with van der Waals surface area (Å²) in [4.78, 5) is 45.9. The molecule has 3 saturated heterocycles. The van der Waals surface area contributed by atoms with Crippen molar-refractivity contribution >= 4 is 46.6 Å². The first kappa shape index (κ1) is 28.0. The number of nitrogens with zero attached hydrogens (tertiary/aromatic N) is 2. The van der Waals surface area contributed by atoms with Crippen LogP contribution in [0.25, 0.3) is 0 Å². The average molecular weight is 590 g/mol. The maximum atomic E-state index is 14.2. The molecule has 216 valence electrons.